The number of nitrogens with zero attached hydrogens (tertiary/aromatic N) is 4. The van der Waals surface area contributed by atoms with Gasteiger partial charge in [-0.15, -0.1) is 0 Å². The SMILES string of the molecule is CN1CCN(S(=O)(=O)c2cccc(C(=O)OCC(=O)Nc3ncc([N+](=O)[O-])s3)c2)CC1. The van der Waals surface area contributed by atoms with Gasteiger partial charge >= 0.3 is 11.0 Å². The van der Waals surface area contributed by atoms with Crippen molar-refractivity contribution < 1.29 is 27.7 Å². The molecule has 1 aromatic heterocycles. The van der Waals surface area contributed by atoms with Crippen LogP contribution in [-0.4, -0.2) is 79.2 Å². The second-order valence-corrected chi connectivity index (χ2v) is 9.57. The minimum Gasteiger partial charge on any atom is -0.452 e. The van der Waals surface area contributed by atoms with Crippen molar-refractivity contribution in [2.24, 2.45) is 0 Å². The lowest BCUT2D eigenvalue weighted by atomic mass is 10.2. The molecule has 0 aliphatic carbocycles. The van der Waals surface area contributed by atoms with Crippen molar-refractivity contribution in [2.45, 2.75) is 4.90 Å². The third-order valence-electron chi connectivity index (χ3n) is 4.42. The number of anilines is 1. The standard InChI is InChI=1S/C17H19N5O7S2/c1-20-5-7-21(8-6-20)31(27,28)13-4-2-3-12(9-13)16(24)29-11-14(23)19-17-18-10-15(30-17)22(25)26/h2-4,9-10H,5-8,11H2,1H3,(H,18,19,23). The van der Waals surface area contributed by atoms with Gasteiger partial charge in [-0.2, -0.15) is 4.31 Å². The number of nitro groups is 1. The van der Waals surface area contributed by atoms with Crippen molar-refractivity contribution in [1.82, 2.24) is 14.2 Å². The number of amides is 1. The van der Waals surface area contributed by atoms with Crippen LogP contribution in [0.25, 0.3) is 0 Å². The Labute approximate surface area is 181 Å². The normalized spacial score (nSPS) is 15.4. The fourth-order valence-corrected chi connectivity index (χ4v) is 4.86. The van der Waals surface area contributed by atoms with Gasteiger partial charge in [0, 0.05) is 26.2 Å². The van der Waals surface area contributed by atoms with E-state index < -0.39 is 33.4 Å². The van der Waals surface area contributed by atoms with E-state index in [9.17, 15) is 28.1 Å². The van der Waals surface area contributed by atoms with Crippen molar-refractivity contribution in [1.29, 1.82) is 0 Å². The molecule has 2 aromatic rings. The van der Waals surface area contributed by atoms with Gasteiger partial charge in [0.25, 0.3) is 5.91 Å². The molecule has 14 heteroatoms. The van der Waals surface area contributed by atoms with E-state index in [-0.39, 0.29) is 20.6 Å². The molecule has 1 N–H and O–H groups in total. The minimum atomic E-state index is -3.76. The second-order valence-electron chi connectivity index (χ2n) is 6.62. The van der Waals surface area contributed by atoms with Crippen LogP contribution in [0.3, 0.4) is 0 Å². The van der Waals surface area contributed by atoms with Gasteiger partial charge in [0.2, 0.25) is 10.0 Å². The number of esters is 1. The second kappa shape index (κ2) is 9.47. The van der Waals surface area contributed by atoms with Gasteiger partial charge in [-0.05, 0) is 36.6 Å². The number of piperazine rings is 1. The number of aromatic nitrogens is 1. The molecule has 1 saturated heterocycles. The van der Waals surface area contributed by atoms with E-state index in [4.69, 9.17) is 4.74 Å². The molecule has 12 nitrogen and oxygen atoms in total. The first kappa shape index (κ1) is 22.7. The summed E-state index contributed by atoms with van der Waals surface area (Å²) in [6.07, 6.45) is 0.999. The molecule has 0 atom stereocenters. The molecule has 31 heavy (non-hydrogen) atoms. The van der Waals surface area contributed by atoms with Crippen molar-refractivity contribution >= 4 is 43.4 Å². The van der Waals surface area contributed by atoms with Gasteiger partial charge < -0.3 is 9.64 Å². The van der Waals surface area contributed by atoms with Gasteiger partial charge in [-0.1, -0.05) is 6.07 Å². The molecule has 0 unspecified atom stereocenters. The lowest BCUT2D eigenvalue weighted by molar-refractivity contribution is -0.380. The Morgan fingerprint density at radius 3 is 2.65 bits per heavy atom. The average Bonchev–Trinajstić information content (AvgIpc) is 3.21. The van der Waals surface area contributed by atoms with E-state index in [1.54, 1.807) is 0 Å². The number of likely N-dealkylation sites (N-methyl/N-ethyl adjacent to an activating group) is 1. The van der Waals surface area contributed by atoms with Crippen LogP contribution in [0.5, 0.6) is 0 Å². The Morgan fingerprint density at radius 2 is 2.00 bits per heavy atom. The fraction of sp³-hybridized carbons (Fsp3) is 0.353. The van der Waals surface area contributed by atoms with Crippen molar-refractivity contribution in [3.05, 3.63) is 46.1 Å². The lowest BCUT2D eigenvalue weighted by Crippen LogP contribution is -2.47. The van der Waals surface area contributed by atoms with Crippen LogP contribution in [0, 0.1) is 10.1 Å². The minimum absolute atomic E-state index is 0.00647. The average molecular weight is 470 g/mol. The third-order valence-corrected chi connectivity index (χ3v) is 7.18. The van der Waals surface area contributed by atoms with Crippen molar-refractivity contribution in [3.8, 4) is 0 Å². The van der Waals surface area contributed by atoms with Gasteiger partial charge in [0.05, 0.1) is 15.4 Å². The van der Waals surface area contributed by atoms with Gasteiger partial charge in [0.15, 0.2) is 11.7 Å². The number of benzene rings is 1. The molecule has 0 radical (unpaired) electrons. The van der Waals surface area contributed by atoms with Crippen LogP contribution < -0.4 is 5.32 Å². The zero-order valence-electron chi connectivity index (χ0n) is 16.4. The summed E-state index contributed by atoms with van der Waals surface area (Å²) in [6.45, 7) is 1.25. The van der Waals surface area contributed by atoms with Crippen molar-refractivity contribution in [2.75, 3.05) is 45.2 Å². The molecule has 1 aliphatic rings. The molecule has 166 valence electrons. The number of ether oxygens (including phenoxy) is 1. The molecule has 2 heterocycles. The predicted octanol–water partition coefficient (Wildman–Crippen LogP) is 0.783. The lowest BCUT2D eigenvalue weighted by Gasteiger charge is -2.31. The summed E-state index contributed by atoms with van der Waals surface area (Å²) in [5, 5.41) is 12.7. The number of rotatable bonds is 7. The first-order valence-electron chi connectivity index (χ1n) is 9.03. The molecule has 1 aromatic carbocycles. The summed E-state index contributed by atoms with van der Waals surface area (Å²) < 4.78 is 31.9. The summed E-state index contributed by atoms with van der Waals surface area (Å²) >= 11 is 0.661. The highest BCUT2D eigenvalue weighted by Crippen LogP contribution is 2.24. The van der Waals surface area contributed by atoms with Crippen molar-refractivity contribution in [3.63, 3.8) is 0 Å². The zero-order chi connectivity index (χ0) is 22.6. The van der Waals surface area contributed by atoms with Crippen LogP contribution in [0.2, 0.25) is 0 Å². The number of thiazole rings is 1. The molecule has 3 rings (SSSR count). The van der Waals surface area contributed by atoms with Gasteiger partial charge in [0.1, 0.15) is 6.20 Å². The molecule has 0 saturated carbocycles. The monoisotopic (exact) mass is 469 g/mol. The number of sulfonamides is 1. The maximum atomic E-state index is 12.8. The van der Waals surface area contributed by atoms with E-state index in [2.05, 4.69) is 10.3 Å². The maximum absolute atomic E-state index is 12.8. The van der Waals surface area contributed by atoms with Gasteiger partial charge in [-0.3, -0.25) is 20.2 Å². The van der Waals surface area contributed by atoms with Crippen LogP contribution in [0.1, 0.15) is 10.4 Å². The molecular weight excluding hydrogens is 450 g/mol. The Balaban J connectivity index is 1.60. The number of hydrogen-bond acceptors (Lipinski definition) is 10. The molecule has 0 spiro atoms. The van der Waals surface area contributed by atoms with Crippen LogP contribution >= 0.6 is 11.3 Å². The molecular formula is C17H19N5O7S2. The highest BCUT2D eigenvalue weighted by atomic mass is 32.2. The molecule has 1 fully saturated rings. The number of carbonyl (C=O) groups excluding carboxylic acids is 2. The quantitative estimate of drug-likeness (QED) is 0.352. The Morgan fingerprint density at radius 1 is 1.29 bits per heavy atom. The predicted molar refractivity (Wildman–Crippen MR) is 110 cm³/mol. The highest BCUT2D eigenvalue weighted by molar-refractivity contribution is 7.89. The Hall–Kier alpha value is -2.94. The Bertz CT molecular complexity index is 1090. The summed E-state index contributed by atoms with van der Waals surface area (Å²) in [5.74, 6) is -1.62. The Kier molecular flexibility index (Phi) is 6.94. The number of hydrogen-bond donors (Lipinski definition) is 1. The van der Waals surface area contributed by atoms with E-state index in [1.807, 2.05) is 11.9 Å². The van der Waals surface area contributed by atoms with Gasteiger partial charge in [-0.25, -0.2) is 18.2 Å². The largest absolute Gasteiger partial charge is 0.452 e. The summed E-state index contributed by atoms with van der Waals surface area (Å²) in [5.41, 5.74) is -0.0205. The maximum Gasteiger partial charge on any atom is 0.345 e. The molecule has 0 bridgehead atoms. The van der Waals surface area contributed by atoms with Crippen LogP contribution in [-0.2, 0) is 19.6 Å². The highest BCUT2D eigenvalue weighted by Gasteiger charge is 2.28. The topological polar surface area (TPSA) is 152 Å². The molecule has 1 aliphatic heterocycles. The van der Waals surface area contributed by atoms with Crippen LogP contribution in [0.15, 0.2) is 35.4 Å². The first-order valence-corrected chi connectivity index (χ1v) is 11.3. The first-order chi connectivity index (χ1) is 14.7. The van der Waals surface area contributed by atoms with E-state index in [1.165, 1.54) is 28.6 Å². The summed E-state index contributed by atoms with van der Waals surface area (Å²) in [6, 6.07) is 5.41. The fourth-order valence-electron chi connectivity index (χ4n) is 2.74. The number of nitrogens with one attached hydrogen (secondary N) is 1. The molecule has 1 amide bonds. The van der Waals surface area contributed by atoms with E-state index in [0.29, 0.717) is 37.5 Å². The number of carbonyl (C=O) groups is 2. The summed E-state index contributed by atoms with van der Waals surface area (Å²) in [4.78, 5) is 39.8. The smallest absolute Gasteiger partial charge is 0.345 e. The summed E-state index contributed by atoms with van der Waals surface area (Å²) in [7, 11) is -1.85. The third kappa shape index (κ3) is 5.61. The van der Waals surface area contributed by atoms with Crippen LogP contribution in [0.4, 0.5) is 10.1 Å². The van der Waals surface area contributed by atoms with E-state index in [0.717, 1.165) is 6.20 Å². The van der Waals surface area contributed by atoms with E-state index >= 15 is 0 Å². The zero-order valence-corrected chi connectivity index (χ0v) is 18.0.